The number of aryl methyl sites for hydroxylation is 1. The van der Waals surface area contributed by atoms with Crippen molar-refractivity contribution < 1.29 is 9.90 Å². The molecule has 3 rings (SSSR count). The zero-order chi connectivity index (χ0) is 14.1. The normalized spacial score (nSPS) is 10.8. The molecule has 0 aliphatic carbocycles. The zero-order valence-corrected chi connectivity index (χ0v) is 11.2. The highest BCUT2D eigenvalue weighted by Crippen LogP contribution is 2.29. The number of pyridine rings is 1. The van der Waals surface area contributed by atoms with E-state index >= 15 is 0 Å². The van der Waals surface area contributed by atoms with Crippen molar-refractivity contribution in [3.05, 3.63) is 36.0 Å². The number of aromatic nitrogens is 5. The van der Waals surface area contributed by atoms with Gasteiger partial charge in [0.05, 0.1) is 11.9 Å². The maximum Gasteiger partial charge on any atom is 0.335 e. The van der Waals surface area contributed by atoms with Gasteiger partial charge in [-0.1, -0.05) is 0 Å². The molecule has 0 aromatic carbocycles. The van der Waals surface area contributed by atoms with Crippen molar-refractivity contribution in [2.24, 2.45) is 0 Å². The molecule has 0 aliphatic heterocycles. The first kappa shape index (κ1) is 12.5. The van der Waals surface area contributed by atoms with Gasteiger partial charge in [-0.25, -0.2) is 24.7 Å². The summed E-state index contributed by atoms with van der Waals surface area (Å²) >= 11 is 1.27. The Balaban J connectivity index is 2.02. The van der Waals surface area contributed by atoms with Gasteiger partial charge in [-0.15, -0.1) is 0 Å². The smallest absolute Gasteiger partial charge is 0.335 e. The fourth-order valence-corrected chi connectivity index (χ4v) is 2.66. The van der Waals surface area contributed by atoms with Gasteiger partial charge in [-0.05, 0) is 30.8 Å². The van der Waals surface area contributed by atoms with Gasteiger partial charge in [0.15, 0.2) is 5.65 Å². The van der Waals surface area contributed by atoms with Crippen molar-refractivity contribution in [2.75, 3.05) is 0 Å². The Kier molecular flexibility index (Phi) is 3.07. The van der Waals surface area contributed by atoms with Crippen molar-refractivity contribution in [3.8, 4) is 0 Å². The summed E-state index contributed by atoms with van der Waals surface area (Å²) in [6.07, 6.45) is 2.95. The van der Waals surface area contributed by atoms with E-state index in [2.05, 4.69) is 24.9 Å². The van der Waals surface area contributed by atoms with Gasteiger partial charge >= 0.3 is 5.97 Å². The number of H-pyrrole nitrogens is 1. The lowest BCUT2D eigenvalue weighted by molar-refractivity contribution is 0.0696. The third-order valence-electron chi connectivity index (χ3n) is 2.57. The lowest BCUT2D eigenvalue weighted by Gasteiger charge is -2.04. The van der Waals surface area contributed by atoms with E-state index in [1.54, 1.807) is 6.92 Å². The van der Waals surface area contributed by atoms with Crippen LogP contribution in [-0.2, 0) is 0 Å². The predicted molar refractivity (Wildman–Crippen MR) is 71.7 cm³/mol. The Hall–Kier alpha value is -2.48. The Labute approximate surface area is 117 Å². The third-order valence-corrected chi connectivity index (χ3v) is 3.49. The quantitative estimate of drug-likeness (QED) is 0.709. The monoisotopic (exact) mass is 287 g/mol. The van der Waals surface area contributed by atoms with Gasteiger partial charge in [0, 0.05) is 5.69 Å². The number of imidazole rings is 1. The highest BCUT2D eigenvalue weighted by molar-refractivity contribution is 7.99. The summed E-state index contributed by atoms with van der Waals surface area (Å²) in [5.74, 6) is -0.980. The molecule has 0 atom stereocenters. The molecular formula is C12H9N5O2S. The van der Waals surface area contributed by atoms with Gasteiger partial charge < -0.3 is 10.1 Å². The number of hydrogen-bond donors (Lipinski definition) is 2. The fraction of sp³-hybridized carbons (Fsp3) is 0.0833. The SMILES string of the molecule is Cc1cc(C(=O)O)cc(Sc2ncnc3nc[nH]c23)n1. The summed E-state index contributed by atoms with van der Waals surface area (Å²) in [7, 11) is 0. The molecule has 0 saturated heterocycles. The van der Waals surface area contributed by atoms with E-state index in [9.17, 15) is 4.79 Å². The van der Waals surface area contributed by atoms with Crippen LogP contribution >= 0.6 is 11.8 Å². The molecule has 0 amide bonds. The molecule has 0 saturated carbocycles. The Morgan fingerprint density at radius 2 is 2.15 bits per heavy atom. The third kappa shape index (κ3) is 2.32. The Morgan fingerprint density at radius 1 is 1.30 bits per heavy atom. The van der Waals surface area contributed by atoms with Crippen LogP contribution in [0.5, 0.6) is 0 Å². The lowest BCUT2D eigenvalue weighted by atomic mass is 10.2. The Morgan fingerprint density at radius 3 is 2.95 bits per heavy atom. The molecule has 3 heterocycles. The second-order valence-electron chi connectivity index (χ2n) is 4.02. The predicted octanol–water partition coefficient (Wildman–Crippen LogP) is 1.91. The van der Waals surface area contributed by atoms with Crippen LogP contribution in [0.2, 0.25) is 0 Å². The van der Waals surface area contributed by atoms with Crippen LogP contribution in [0, 0.1) is 6.92 Å². The minimum atomic E-state index is -0.980. The van der Waals surface area contributed by atoms with Gasteiger partial charge in [-0.2, -0.15) is 0 Å². The summed E-state index contributed by atoms with van der Waals surface area (Å²) in [6.45, 7) is 1.75. The zero-order valence-electron chi connectivity index (χ0n) is 10.4. The van der Waals surface area contributed by atoms with Crippen molar-refractivity contribution in [2.45, 2.75) is 17.0 Å². The molecule has 0 aliphatic rings. The van der Waals surface area contributed by atoms with Crippen LogP contribution in [0.15, 0.2) is 34.8 Å². The summed E-state index contributed by atoms with van der Waals surface area (Å²) < 4.78 is 0. The molecule has 0 unspecified atom stereocenters. The molecule has 0 bridgehead atoms. The minimum Gasteiger partial charge on any atom is -0.478 e. The molecule has 8 heteroatoms. The molecule has 0 spiro atoms. The van der Waals surface area contributed by atoms with E-state index < -0.39 is 5.97 Å². The first-order valence-corrected chi connectivity index (χ1v) is 6.49. The van der Waals surface area contributed by atoms with E-state index in [1.807, 2.05) is 0 Å². The molecule has 3 aromatic rings. The molecule has 100 valence electrons. The van der Waals surface area contributed by atoms with E-state index in [4.69, 9.17) is 5.11 Å². The van der Waals surface area contributed by atoms with Gasteiger partial charge in [0.2, 0.25) is 0 Å². The van der Waals surface area contributed by atoms with Gasteiger partial charge in [0.1, 0.15) is 21.9 Å². The van der Waals surface area contributed by atoms with E-state index in [0.717, 1.165) is 0 Å². The maximum atomic E-state index is 11.1. The fourth-order valence-electron chi connectivity index (χ4n) is 1.73. The number of carbonyl (C=O) groups is 1. The second-order valence-corrected chi connectivity index (χ2v) is 5.03. The Bertz CT molecular complexity index is 801. The molecule has 3 aromatic heterocycles. The summed E-state index contributed by atoms with van der Waals surface area (Å²) in [4.78, 5) is 30.6. The van der Waals surface area contributed by atoms with Crippen molar-refractivity contribution in [1.29, 1.82) is 0 Å². The number of aromatic carboxylic acids is 1. The van der Waals surface area contributed by atoms with Crippen molar-refractivity contribution in [3.63, 3.8) is 0 Å². The molecule has 7 nitrogen and oxygen atoms in total. The van der Waals surface area contributed by atoms with Crippen LogP contribution in [0.1, 0.15) is 16.1 Å². The first-order valence-electron chi connectivity index (χ1n) is 5.67. The number of nitrogens with one attached hydrogen (secondary N) is 1. The molecular weight excluding hydrogens is 278 g/mol. The average molecular weight is 287 g/mol. The maximum absolute atomic E-state index is 11.1. The average Bonchev–Trinajstić information content (AvgIpc) is 2.87. The van der Waals surface area contributed by atoms with E-state index in [-0.39, 0.29) is 5.56 Å². The van der Waals surface area contributed by atoms with Crippen molar-refractivity contribution in [1.82, 2.24) is 24.9 Å². The van der Waals surface area contributed by atoms with Crippen molar-refractivity contribution >= 4 is 28.9 Å². The summed E-state index contributed by atoms with van der Waals surface area (Å²) in [6, 6.07) is 3.04. The van der Waals surface area contributed by atoms with E-state index in [1.165, 1.54) is 36.5 Å². The van der Waals surface area contributed by atoms with E-state index in [0.29, 0.717) is 26.9 Å². The topological polar surface area (TPSA) is 105 Å². The number of rotatable bonds is 3. The van der Waals surface area contributed by atoms with Crippen LogP contribution in [-0.4, -0.2) is 36.0 Å². The highest BCUT2D eigenvalue weighted by Gasteiger charge is 2.11. The minimum absolute atomic E-state index is 0.204. The lowest BCUT2D eigenvalue weighted by Crippen LogP contribution is -1.99. The van der Waals surface area contributed by atoms with Gasteiger partial charge in [-0.3, -0.25) is 0 Å². The number of hydrogen-bond acceptors (Lipinski definition) is 6. The number of nitrogens with zero attached hydrogens (tertiary/aromatic N) is 4. The molecule has 0 fully saturated rings. The van der Waals surface area contributed by atoms with Crippen LogP contribution < -0.4 is 0 Å². The number of fused-ring (bicyclic) bond motifs is 1. The number of carboxylic acid groups (broad SMARTS) is 1. The largest absolute Gasteiger partial charge is 0.478 e. The number of carboxylic acids is 1. The summed E-state index contributed by atoms with van der Waals surface area (Å²) in [5, 5.41) is 10.3. The number of aromatic amines is 1. The highest BCUT2D eigenvalue weighted by atomic mass is 32.2. The molecule has 20 heavy (non-hydrogen) atoms. The molecule has 2 N–H and O–H groups in total. The summed E-state index contributed by atoms with van der Waals surface area (Å²) in [5.41, 5.74) is 2.11. The van der Waals surface area contributed by atoms with Crippen LogP contribution in [0.4, 0.5) is 0 Å². The standard InChI is InChI=1S/C12H9N5O2S/c1-6-2-7(12(18)19)3-8(17-6)20-11-9-10(14-4-13-9)15-5-16-11/h2-5H,1H3,(H,18,19)(H,13,14,15,16). The molecule has 0 radical (unpaired) electrons. The van der Waals surface area contributed by atoms with Gasteiger partial charge in [0.25, 0.3) is 0 Å². The van der Waals surface area contributed by atoms with Crippen LogP contribution in [0.25, 0.3) is 11.2 Å². The first-order chi connectivity index (χ1) is 9.63. The second kappa shape index (κ2) is 4.89. The van der Waals surface area contributed by atoms with Crippen LogP contribution in [0.3, 0.4) is 0 Å².